The zero-order chi connectivity index (χ0) is 12.1. The molecule has 94 valence electrons. The van der Waals surface area contributed by atoms with Crippen molar-refractivity contribution in [2.24, 2.45) is 5.73 Å². The van der Waals surface area contributed by atoms with Gasteiger partial charge in [-0.3, -0.25) is 4.90 Å². The van der Waals surface area contributed by atoms with Crippen molar-refractivity contribution in [1.29, 1.82) is 0 Å². The zero-order valence-electron chi connectivity index (χ0n) is 10.6. The Morgan fingerprint density at radius 1 is 1.18 bits per heavy atom. The standard InChI is InChI=1S/C13H22N4/c1-11-15-9-12(10-16-11)13(8-14)17-6-4-2-3-5-7-17/h9-10,13H,2-8,14H2,1H3. The van der Waals surface area contributed by atoms with Gasteiger partial charge in [-0.05, 0) is 32.9 Å². The normalized spacial score (nSPS) is 19.9. The van der Waals surface area contributed by atoms with Crippen molar-refractivity contribution >= 4 is 0 Å². The molecule has 0 spiro atoms. The van der Waals surface area contributed by atoms with Crippen LogP contribution in [0.3, 0.4) is 0 Å². The van der Waals surface area contributed by atoms with Crippen molar-refractivity contribution in [3.63, 3.8) is 0 Å². The predicted molar refractivity (Wildman–Crippen MR) is 68.6 cm³/mol. The molecular weight excluding hydrogens is 212 g/mol. The van der Waals surface area contributed by atoms with Crippen LogP contribution < -0.4 is 5.73 Å². The first-order valence-electron chi connectivity index (χ1n) is 6.54. The number of hydrogen-bond acceptors (Lipinski definition) is 4. The van der Waals surface area contributed by atoms with E-state index >= 15 is 0 Å². The third-order valence-electron chi connectivity index (χ3n) is 3.49. The van der Waals surface area contributed by atoms with Crippen LogP contribution in [0.4, 0.5) is 0 Å². The fourth-order valence-electron chi connectivity index (χ4n) is 2.48. The summed E-state index contributed by atoms with van der Waals surface area (Å²) in [5, 5.41) is 0. The maximum atomic E-state index is 5.93. The summed E-state index contributed by atoms with van der Waals surface area (Å²) in [7, 11) is 0. The van der Waals surface area contributed by atoms with Gasteiger partial charge in [0.25, 0.3) is 0 Å². The Morgan fingerprint density at radius 2 is 1.76 bits per heavy atom. The van der Waals surface area contributed by atoms with Gasteiger partial charge in [0.2, 0.25) is 0 Å². The molecule has 1 aromatic rings. The number of nitrogens with zero attached hydrogens (tertiary/aromatic N) is 3. The molecule has 0 bridgehead atoms. The van der Waals surface area contributed by atoms with Crippen LogP contribution in [0.25, 0.3) is 0 Å². The number of aryl methyl sites for hydroxylation is 1. The van der Waals surface area contributed by atoms with Gasteiger partial charge in [0.05, 0.1) is 6.04 Å². The lowest BCUT2D eigenvalue weighted by atomic mass is 10.1. The van der Waals surface area contributed by atoms with Gasteiger partial charge in [0.15, 0.2) is 0 Å². The minimum Gasteiger partial charge on any atom is -0.329 e. The highest BCUT2D eigenvalue weighted by Gasteiger charge is 2.20. The quantitative estimate of drug-likeness (QED) is 0.864. The molecule has 1 fully saturated rings. The SMILES string of the molecule is Cc1ncc(C(CN)N2CCCCCC2)cn1. The van der Waals surface area contributed by atoms with Gasteiger partial charge < -0.3 is 5.73 Å². The van der Waals surface area contributed by atoms with E-state index in [1.807, 2.05) is 19.3 Å². The second-order valence-electron chi connectivity index (χ2n) is 4.77. The van der Waals surface area contributed by atoms with E-state index in [-0.39, 0.29) is 6.04 Å². The second kappa shape index (κ2) is 6.07. The first kappa shape index (κ1) is 12.5. The lowest BCUT2D eigenvalue weighted by Crippen LogP contribution is -2.34. The lowest BCUT2D eigenvalue weighted by molar-refractivity contribution is 0.209. The summed E-state index contributed by atoms with van der Waals surface area (Å²) in [4.78, 5) is 11.0. The fraction of sp³-hybridized carbons (Fsp3) is 0.692. The summed E-state index contributed by atoms with van der Waals surface area (Å²) in [6.07, 6.45) is 9.10. The Hall–Kier alpha value is -1.00. The molecule has 0 amide bonds. The minimum absolute atomic E-state index is 0.286. The Labute approximate surface area is 103 Å². The van der Waals surface area contributed by atoms with E-state index in [4.69, 9.17) is 5.73 Å². The van der Waals surface area contributed by atoms with E-state index in [1.54, 1.807) is 0 Å². The number of aromatic nitrogens is 2. The van der Waals surface area contributed by atoms with Crippen LogP contribution in [0.5, 0.6) is 0 Å². The average Bonchev–Trinajstić information content (AvgIpc) is 2.62. The molecular formula is C13H22N4. The van der Waals surface area contributed by atoms with Crippen LogP contribution >= 0.6 is 0 Å². The monoisotopic (exact) mass is 234 g/mol. The van der Waals surface area contributed by atoms with E-state index in [2.05, 4.69) is 14.9 Å². The molecule has 2 rings (SSSR count). The highest BCUT2D eigenvalue weighted by Crippen LogP contribution is 2.22. The van der Waals surface area contributed by atoms with Gasteiger partial charge in [-0.15, -0.1) is 0 Å². The topological polar surface area (TPSA) is 55.0 Å². The summed E-state index contributed by atoms with van der Waals surface area (Å²) in [6, 6.07) is 0.286. The highest BCUT2D eigenvalue weighted by atomic mass is 15.2. The number of likely N-dealkylation sites (tertiary alicyclic amines) is 1. The van der Waals surface area contributed by atoms with Crippen molar-refractivity contribution in [2.75, 3.05) is 19.6 Å². The van der Waals surface area contributed by atoms with Gasteiger partial charge in [-0.1, -0.05) is 12.8 Å². The van der Waals surface area contributed by atoms with Gasteiger partial charge in [-0.2, -0.15) is 0 Å². The third-order valence-corrected chi connectivity index (χ3v) is 3.49. The van der Waals surface area contributed by atoms with E-state index < -0.39 is 0 Å². The molecule has 0 aliphatic carbocycles. The molecule has 2 heterocycles. The van der Waals surface area contributed by atoms with Crippen LogP contribution in [0.15, 0.2) is 12.4 Å². The Morgan fingerprint density at radius 3 is 2.29 bits per heavy atom. The first-order valence-corrected chi connectivity index (χ1v) is 6.54. The van der Waals surface area contributed by atoms with E-state index in [9.17, 15) is 0 Å². The summed E-state index contributed by atoms with van der Waals surface area (Å²) in [5.74, 6) is 0.820. The van der Waals surface area contributed by atoms with Gasteiger partial charge in [0.1, 0.15) is 5.82 Å². The molecule has 1 aliphatic heterocycles. The lowest BCUT2D eigenvalue weighted by Gasteiger charge is -2.29. The molecule has 1 atom stereocenters. The Balaban J connectivity index is 2.11. The zero-order valence-corrected chi connectivity index (χ0v) is 10.6. The van der Waals surface area contributed by atoms with Crippen molar-refractivity contribution in [1.82, 2.24) is 14.9 Å². The molecule has 1 saturated heterocycles. The molecule has 1 aromatic heterocycles. The number of nitrogens with two attached hydrogens (primary N) is 1. The summed E-state index contributed by atoms with van der Waals surface area (Å²) < 4.78 is 0. The largest absolute Gasteiger partial charge is 0.329 e. The molecule has 0 radical (unpaired) electrons. The van der Waals surface area contributed by atoms with Crippen LogP contribution in [-0.4, -0.2) is 34.5 Å². The summed E-state index contributed by atoms with van der Waals surface area (Å²) in [5.41, 5.74) is 7.08. The Kier molecular flexibility index (Phi) is 4.45. The molecule has 1 unspecified atom stereocenters. The predicted octanol–water partition coefficient (Wildman–Crippen LogP) is 1.66. The molecule has 4 heteroatoms. The highest BCUT2D eigenvalue weighted by molar-refractivity contribution is 5.11. The van der Waals surface area contributed by atoms with Gasteiger partial charge in [-0.25, -0.2) is 9.97 Å². The Bertz CT molecular complexity index is 328. The van der Waals surface area contributed by atoms with E-state index in [1.165, 1.54) is 25.7 Å². The molecule has 17 heavy (non-hydrogen) atoms. The average molecular weight is 234 g/mol. The molecule has 1 aliphatic rings. The molecule has 0 saturated carbocycles. The summed E-state index contributed by atoms with van der Waals surface area (Å²) >= 11 is 0. The van der Waals surface area contributed by atoms with Gasteiger partial charge in [0, 0.05) is 24.5 Å². The second-order valence-corrected chi connectivity index (χ2v) is 4.77. The maximum absolute atomic E-state index is 5.93. The molecule has 2 N–H and O–H groups in total. The van der Waals surface area contributed by atoms with E-state index in [0.29, 0.717) is 6.54 Å². The van der Waals surface area contributed by atoms with Gasteiger partial charge >= 0.3 is 0 Å². The first-order chi connectivity index (χ1) is 8.31. The smallest absolute Gasteiger partial charge is 0.125 e. The van der Waals surface area contributed by atoms with Crippen molar-refractivity contribution < 1.29 is 0 Å². The minimum atomic E-state index is 0.286. The van der Waals surface area contributed by atoms with Crippen LogP contribution in [-0.2, 0) is 0 Å². The third kappa shape index (κ3) is 3.23. The number of hydrogen-bond donors (Lipinski definition) is 1. The van der Waals surface area contributed by atoms with Crippen molar-refractivity contribution in [3.8, 4) is 0 Å². The van der Waals surface area contributed by atoms with E-state index in [0.717, 1.165) is 24.5 Å². The summed E-state index contributed by atoms with van der Waals surface area (Å²) in [6.45, 7) is 4.85. The van der Waals surface area contributed by atoms with Crippen molar-refractivity contribution in [3.05, 3.63) is 23.8 Å². The van der Waals surface area contributed by atoms with Crippen LogP contribution in [0, 0.1) is 6.92 Å². The molecule has 4 nitrogen and oxygen atoms in total. The van der Waals surface area contributed by atoms with Crippen LogP contribution in [0.1, 0.15) is 43.1 Å². The maximum Gasteiger partial charge on any atom is 0.125 e. The fourth-order valence-corrected chi connectivity index (χ4v) is 2.48. The number of rotatable bonds is 3. The van der Waals surface area contributed by atoms with Crippen molar-refractivity contribution in [2.45, 2.75) is 38.6 Å². The molecule has 0 aromatic carbocycles. The van der Waals surface area contributed by atoms with Crippen LogP contribution in [0.2, 0.25) is 0 Å².